The molecule has 0 aliphatic heterocycles. The Bertz CT molecular complexity index is 659. The van der Waals surface area contributed by atoms with E-state index in [4.69, 9.17) is 17.0 Å². The first-order chi connectivity index (χ1) is 11.2. The molecule has 120 valence electrons. The first kappa shape index (κ1) is 17.0. The van der Waals surface area contributed by atoms with E-state index in [2.05, 4.69) is 22.8 Å². The van der Waals surface area contributed by atoms with Crippen LogP contribution in [0.5, 0.6) is 5.75 Å². The van der Waals surface area contributed by atoms with Gasteiger partial charge in [0.25, 0.3) is 5.91 Å². The minimum atomic E-state index is -0.272. The fourth-order valence-corrected chi connectivity index (χ4v) is 2.31. The Labute approximate surface area is 141 Å². The molecular formula is C18H20N2O2S. The number of carbonyl (C=O) groups excluding carboxylic acids is 1. The molecule has 0 fully saturated rings. The summed E-state index contributed by atoms with van der Waals surface area (Å²) in [7, 11) is 0. The summed E-state index contributed by atoms with van der Waals surface area (Å²) in [6, 6.07) is 17.2. The molecule has 0 bridgehead atoms. The molecule has 0 unspecified atom stereocenters. The number of amides is 1. The molecule has 2 aromatic carbocycles. The average molecular weight is 328 g/mol. The van der Waals surface area contributed by atoms with Crippen LogP contribution in [-0.4, -0.2) is 24.2 Å². The third-order valence-electron chi connectivity index (χ3n) is 3.20. The van der Waals surface area contributed by atoms with Crippen LogP contribution in [-0.2, 0) is 6.42 Å². The third kappa shape index (κ3) is 5.38. The van der Waals surface area contributed by atoms with Crippen molar-refractivity contribution in [3.63, 3.8) is 0 Å². The van der Waals surface area contributed by atoms with Gasteiger partial charge in [0.05, 0.1) is 12.2 Å². The predicted molar refractivity (Wildman–Crippen MR) is 95.8 cm³/mol. The fraction of sp³-hybridized carbons (Fsp3) is 0.222. The summed E-state index contributed by atoms with van der Waals surface area (Å²) < 4.78 is 5.45. The average Bonchev–Trinajstić information content (AvgIpc) is 2.56. The van der Waals surface area contributed by atoms with E-state index in [0.717, 1.165) is 6.42 Å². The Morgan fingerprint density at radius 3 is 2.52 bits per heavy atom. The van der Waals surface area contributed by atoms with E-state index in [1.807, 2.05) is 31.2 Å². The summed E-state index contributed by atoms with van der Waals surface area (Å²) >= 11 is 5.17. The van der Waals surface area contributed by atoms with Crippen molar-refractivity contribution in [1.82, 2.24) is 10.6 Å². The maximum absolute atomic E-state index is 12.3. The van der Waals surface area contributed by atoms with Crippen LogP contribution in [0.1, 0.15) is 22.8 Å². The Morgan fingerprint density at radius 2 is 1.78 bits per heavy atom. The van der Waals surface area contributed by atoms with Crippen molar-refractivity contribution in [1.29, 1.82) is 0 Å². The monoisotopic (exact) mass is 328 g/mol. The smallest absolute Gasteiger partial charge is 0.261 e. The summed E-state index contributed by atoms with van der Waals surface area (Å²) in [6.07, 6.45) is 0.840. The maximum Gasteiger partial charge on any atom is 0.261 e. The van der Waals surface area contributed by atoms with Crippen LogP contribution >= 0.6 is 12.2 Å². The van der Waals surface area contributed by atoms with Crippen LogP contribution in [0.3, 0.4) is 0 Å². The van der Waals surface area contributed by atoms with Crippen molar-refractivity contribution in [3.8, 4) is 5.75 Å². The van der Waals surface area contributed by atoms with Crippen molar-refractivity contribution in [3.05, 3.63) is 65.7 Å². The van der Waals surface area contributed by atoms with E-state index in [-0.39, 0.29) is 5.91 Å². The lowest BCUT2D eigenvalue weighted by molar-refractivity contribution is 0.0973. The van der Waals surface area contributed by atoms with Gasteiger partial charge >= 0.3 is 0 Å². The topological polar surface area (TPSA) is 50.4 Å². The number of benzene rings is 2. The molecule has 2 N–H and O–H groups in total. The highest BCUT2D eigenvalue weighted by Crippen LogP contribution is 2.17. The molecule has 0 radical (unpaired) electrons. The first-order valence-corrected chi connectivity index (χ1v) is 7.96. The van der Waals surface area contributed by atoms with Gasteiger partial charge in [0.15, 0.2) is 5.11 Å². The lowest BCUT2D eigenvalue weighted by Gasteiger charge is -2.12. The molecular weight excluding hydrogens is 308 g/mol. The van der Waals surface area contributed by atoms with E-state index < -0.39 is 0 Å². The summed E-state index contributed by atoms with van der Waals surface area (Å²) in [5.74, 6) is 0.283. The number of hydrogen-bond acceptors (Lipinski definition) is 3. The Hall–Kier alpha value is -2.40. The Morgan fingerprint density at radius 1 is 1.09 bits per heavy atom. The molecule has 0 saturated heterocycles. The van der Waals surface area contributed by atoms with Gasteiger partial charge in [-0.2, -0.15) is 0 Å². The van der Waals surface area contributed by atoms with Gasteiger partial charge in [-0.05, 0) is 43.3 Å². The molecule has 0 aliphatic rings. The molecule has 1 amide bonds. The van der Waals surface area contributed by atoms with Crippen LogP contribution in [0.25, 0.3) is 0 Å². The van der Waals surface area contributed by atoms with E-state index in [1.54, 1.807) is 18.2 Å². The molecule has 0 aliphatic carbocycles. The molecule has 0 heterocycles. The quantitative estimate of drug-likeness (QED) is 0.801. The van der Waals surface area contributed by atoms with Crippen molar-refractivity contribution >= 4 is 23.2 Å². The van der Waals surface area contributed by atoms with E-state index in [1.165, 1.54) is 5.56 Å². The number of carbonyl (C=O) groups is 1. The minimum Gasteiger partial charge on any atom is -0.493 e. The van der Waals surface area contributed by atoms with Crippen molar-refractivity contribution in [2.24, 2.45) is 0 Å². The van der Waals surface area contributed by atoms with Gasteiger partial charge in [-0.15, -0.1) is 0 Å². The van der Waals surface area contributed by atoms with Gasteiger partial charge in [-0.3, -0.25) is 10.1 Å². The molecule has 4 nitrogen and oxygen atoms in total. The molecule has 0 atom stereocenters. The molecule has 0 saturated carbocycles. The largest absolute Gasteiger partial charge is 0.493 e. The fourth-order valence-electron chi connectivity index (χ4n) is 2.12. The molecule has 0 spiro atoms. The standard InChI is InChI=1S/C18H20N2O2S/c1-2-22-16-11-7-6-10-15(16)17(21)20-18(23)19-13-12-14-8-4-3-5-9-14/h3-11H,2,12-13H2,1H3,(H2,19,20,21,23). The van der Waals surface area contributed by atoms with Crippen LogP contribution in [0.4, 0.5) is 0 Å². The Kier molecular flexibility index (Phi) is 6.56. The molecule has 5 heteroatoms. The molecule has 2 aromatic rings. The zero-order valence-electron chi connectivity index (χ0n) is 13.0. The zero-order chi connectivity index (χ0) is 16.5. The number of hydrogen-bond donors (Lipinski definition) is 2. The second-order valence-corrected chi connectivity index (χ2v) is 5.28. The predicted octanol–water partition coefficient (Wildman–Crippen LogP) is 2.93. The molecule has 0 aromatic heterocycles. The van der Waals surface area contributed by atoms with Crippen LogP contribution < -0.4 is 15.4 Å². The number of rotatable bonds is 6. The highest BCUT2D eigenvalue weighted by molar-refractivity contribution is 7.80. The van der Waals surface area contributed by atoms with Crippen molar-refractivity contribution in [2.75, 3.05) is 13.2 Å². The van der Waals surface area contributed by atoms with Gasteiger partial charge in [-0.1, -0.05) is 42.5 Å². The maximum atomic E-state index is 12.3. The number of thiocarbonyl (C=S) groups is 1. The summed E-state index contributed by atoms with van der Waals surface area (Å²) in [5.41, 5.74) is 1.69. The number of nitrogens with one attached hydrogen (secondary N) is 2. The second-order valence-electron chi connectivity index (χ2n) is 4.87. The second kappa shape index (κ2) is 8.90. The van der Waals surface area contributed by atoms with Crippen molar-refractivity contribution in [2.45, 2.75) is 13.3 Å². The lowest BCUT2D eigenvalue weighted by Crippen LogP contribution is -2.40. The van der Waals surface area contributed by atoms with Gasteiger partial charge in [0, 0.05) is 6.54 Å². The highest BCUT2D eigenvalue weighted by atomic mass is 32.1. The summed E-state index contributed by atoms with van der Waals surface area (Å²) in [6.45, 7) is 3.05. The Balaban J connectivity index is 1.84. The van der Waals surface area contributed by atoms with Gasteiger partial charge < -0.3 is 10.1 Å². The highest BCUT2D eigenvalue weighted by Gasteiger charge is 2.12. The normalized spacial score (nSPS) is 9.96. The van der Waals surface area contributed by atoms with Crippen LogP contribution in [0.2, 0.25) is 0 Å². The van der Waals surface area contributed by atoms with Gasteiger partial charge in [0.2, 0.25) is 0 Å². The van der Waals surface area contributed by atoms with Crippen LogP contribution in [0, 0.1) is 0 Å². The number of ether oxygens (including phenoxy) is 1. The van der Waals surface area contributed by atoms with E-state index in [9.17, 15) is 4.79 Å². The summed E-state index contributed by atoms with van der Waals surface area (Å²) in [5, 5.41) is 6.04. The number of para-hydroxylation sites is 1. The first-order valence-electron chi connectivity index (χ1n) is 7.55. The van der Waals surface area contributed by atoms with Crippen molar-refractivity contribution < 1.29 is 9.53 Å². The van der Waals surface area contributed by atoms with Gasteiger partial charge in [-0.25, -0.2) is 0 Å². The molecule has 23 heavy (non-hydrogen) atoms. The molecule has 2 rings (SSSR count). The minimum absolute atomic E-state index is 0.272. The van der Waals surface area contributed by atoms with Crippen LogP contribution in [0.15, 0.2) is 54.6 Å². The SMILES string of the molecule is CCOc1ccccc1C(=O)NC(=S)NCCc1ccccc1. The lowest BCUT2D eigenvalue weighted by atomic mass is 10.1. The van der Waals surface area contributed by atoms with E-state index in [0.29, 0.717) is 29.6 Å². The van der Waals surface area contributed by atoms with Gasteiger partial charge in [0.1, 0.15) is 5.75 Å². The van der Waals surface area contributed by atoms with E-state index >= 15 is 0 Å². The summed E-state index contributed by atoms with van der Waals surface area (Å²) in [4.78, 5) is 12.3. The third-order valence-corrected chi connectivity index (χ3v) is 3.45. The zero-order valence-corrected chi connectivity index (χ0v) is 13.9.